The minimum absolute atomic E-state index is 0.0752. The van der Waals surface area contributed by atoms with Crippen molar-refractivity contribution in [3.63, 3.8) is 0 Å². The molecule has 1 saturated heterocycles. The quantitative estimate of drug-likeness (QED) is 0.177. The highest BCUT2D eigenvalue weighted by Crippen LogP contribution is 2.37. The normalized spacial score (nSPS) is 14.9. The molecule has 0 spiro atoms. The minimum atomic E-state index is -4.77. The van der Waals surface area contributed by atoms with Gasteiger partial charge in [-0.15, -0.1) is 18.3 Å². The van der Waals surface area contributed by atoms with E-state index in [0.29, 0.717) is 29.4 Å². The monoisotopic (exact) mass is 653 g/mol. The lowest BCUT2D eigenvalue weighted by Crippen LogP contribution is -2.31. The van der Waals surface area contributed by atoms with E-state index in [1.165, 1.54) is 51.9 Å². The van der Waals surface area contributed by atoms with Crippen molar-refractivity contribution in [3.8, 4) is 28.6 Å². The average Bonchev–Trinajstić information content (AvgIpc) is 3.67. The van der Waals surface area contributed by atoms with Gasteiger partial charge in [-0.3, -0.25) is 9.69 Å². The molecule has 1 fully saturated rings. The number of halogens is 3. The zero-order valence-corrected chi connectivity index (χ0v) is 26.0. The Bertz CT molecular complexity index is 1730. The molecule has 0 N–H and O–H groups in total. The molecule has 5 rings (SSSR count). The second kappa shape index (κ2) is 14.1. The number of ether oxygens (including phenoxy) is 3. The van der Waals surface area contributed by atoms with E-state index in [4.69, 9.17) is 9.47 Å². The molecule has 2 amide bonds. The van der Waals surface area contributed by atoms with Crippen LogP contribution in [0, 0.1) is 0 Å². The number of amidine groups is 1. The molecule has 4 aromatic rings. The highest BCUT2D eigenvalue weighted by atomic mass is 32.2. The second-order valence-corrected chi connectivity index (χ2v) is 11.2. The minimum Gasteiger partial charge on any atom is -0.497 e. The van der Waals surface area contributed by atoms with Crippen LogP contribution in [0.4, 0.5) is 23.7 Å². The predicted octanol–water partition coefficient (Wildman–Crippen LogP) is 7.17. The molecular formula is C32H30F3N5O5S. The number of nitrogens with zero attached hydrogens (tertiary/aromatic N) is 5. The third-order valence-electron chi connectivity index (χ3n) is 7.23. The van der Waals surface area contributed by atoms with Gasteiger partial charge in [0.2, 0.25) is 5.91 Å². The Balaban J connectivity index is 1.18. The smallest absolute Gasteiger partial charge is 0.497 e. The van der Waals surface area contributed by atoms with E-state index in [-0.39, 0.29) is 35.1 Å². The number of methoxy groups -OCH3 is 1. The van der Waals surface area contributed by atoms with E-state index in [2.05, 4.69) is 33.7 Å². The topological polar surface area (TPSA) is 108 Å². The summed E-state index contributed by atoms with van der Waals surface area (Å²) < 4.78 is 53.3. The van der Waals surface area contributed by atoms with Crippen molar-refractivity contribution in [3.05, 3.63) is 84.2 Å². The zero-order valence-electron chi connectivity index (χ0n) is 25.2. The molecule has 2 heterocycles. The molecule has 240 valence electrons. The largest absolute Gasteiger partial charge is 0.573 e. The predicted molar refractivity (Wildman–Crippen MR) is 168 cm³/mol. The third kappa shape index (κ3) is 7.86. The summed E-state index contributed by atoms with van der Waals surface area (Å²) in [5.41, 5.74) is 3.73. The van der Waals surface area contributed by atoms with Crippen LogP contribution in [0.15, 0.2) is 78.0 Å². The fraction of sp³-hybridized carbons (Fsp3) is 0.281. The first-order chi connectivity index (χ1) is 22.0. The summed E-state index contributed by atoms with van der Waals surface area (Å²) in [6.45, 7) is 4.21. The number of hydrogen-bond acceptors (Lipinski definition) is 8. The van der Waals surface area contributed by atoms with Gasteiger partial charge in [-0.25, -0.2) is 14.5 Å². The van der Waals surface area contributed by atoms with Gasteiger partial charge in [0.25, 0.3) is 0 Å². The van der Waals surface area contributed by atoms with Crippen LogP contribution in [0.3, 0.4) is 0 Å². The lowest BCUT2D eigenvalue weighted by molar-refractivity contribution is -0.274. The van der Waals surface area contributed by atoms with Gasteiger partial charge in [-0.1, -0.05) is 55.9 Å². The van der Waals surface area contributed by atoms with E-state index in [9.17, 15) is 22.8 Å². The van der Waals surface area contributed by atoms with Crippen molar-refractivity contribution in [2.24, 2.45) is 4.99 Å². The van der Waals surface area contributed by atoms with Crippen LogP contribution in [-0.4, -0.2) is 57.8 Å². The number of carbonyl (C=O) groups excluding carboxylic acids is 2. The molecule has 1 aromatic heterocycles. The highest BCUT2D eigenvalue weighted by molar-refractivity contribution is 8.15. The lowest BCUT2D eigenvalue weighted by Gasteiger charge is -2.23. The van der Waals surface area contributed by atoms with Crippen LogP contribution in [0.5, 0.6) is 11.5 Å². The van der Waals surface area contributed by atoms with Gasteiger partial charge in [0.1, 0.15) is 17.8 Å². The van der Waals surface area contributed by atoms with Crippen molar-refractivity contribution in [2.45, 2.75) is 39.0 Å². The molecule has 0 aliphatic carbocycles. The van der Waals surface area contributed by atoms with Crippen LogP contribution < -0.4 is 14.4 Å². The molecule has 1 unspecified atom stereocenters. The van der Waals surface area contributed by atoms with Gasteiger partial charge in [-0.2, -0.15) is 4.99 Å². The molecule has 1 aliphatic rings. The fourth-order valence-corrected chi connectivity index (χ4v) is 5.52. The van der Waals surface area contributed by atoms with Crippen molar-refractivity contribution in [1.29, 1.82) is 0 Å². The molecule has 3 aromatic carbocycles. The van der Waals surface area contributed by atoms with Gasteiger partial charge in [0.15, 0.2) is 11.0 Å². The van der Waals surface area contributed by atoms with Crippen molar-refractivity contribution >= 4 is 34.6 Å². The number of carbonyl (C=O) groups is 2. The SMILES string of the molecule is CCC(C)c1ccc(OC)cc1N1C(=O)CSC1=NC(=O)OCCc1ccc(-c2ncn(-c3ccc(OC(F)(F)F)cc3)n2)cc1. The Kier molecular flexibility index (Phi) is 9.95. The number of aliphatic imine (C=N–C) groups is 1. The Labute approximate surface area is 267 Å². The molecule has 0 radical (unpaired) electrons. The first-order valence-electron chi connectivity index (χ1n) is 14.3. The van der Waals surface area contributed by atoms with Gasteiger partial charge < -0.3 is 14.2 Å². The summed E-state index contributed by atoms with van der Waals surface area (Å²) in [6.07, 6.45) is -2.81. The molecule has 0 saturated carbocycles. The van der Waals surface area contributed by atoms with Crippen molar-refractivity contribution < 1.29 is 37.0 Å². The summed E-state index contributed by atoms with van der Waals surface area (Å²) >= 11 is 1.18. The summed E-state index contributed by atoms with van der Waals surface area (Å²) in [4.78, 5) is 35.4. The van der Waals surface area contributed by atoms with Crippen LogP contribution in [0.1, 0.15) is 37.3 Å². The number of alkyl halides is 3. The summed E-state index contributed by atoms with van der Waals surface area (Å²) in [5.74, 6) is 0.840. The lowest BCUT2D eigenvalue weighted by atomic mass is 9.96. The standard InChI is InChI=1S/C32H30F3N5O5S/c1-4-20(2)26-14-13-25(43-3)17-27(26)40-28(41)18-46-30(40)37-31(42)44-16-15-21-5-7-22(8-6-21)29-36-19-39(38-29)23-9-11-24(12-10-23)45-32(33,34)35/h5-14,17,19-20H,4,15-16,18H2,1-3H3. The van der Waals surface area contributed by atoms with Gasteiger partial charge in [0.05, 0.1) is 30.8 Å². The Morgan fingerprint density at radius 3 is 2.46 bits per heavy atom. The third-order valence-corrected chi connectivity index (χ3v) is 8.15. The van der Waals surface area contributed by atoms with E-state index in [1.54, 1.807) is 13.2 Å². The van der Waals surface area contributed by atoms with Gasteiger partial charge in [-0.05, 0) is 53.8 Å². The van der Waals surface area contributed by atoms with Gasteiger partial charge in [0, 0.05) is 18.1 Å². The van der Waals surface area contributed by atoms with Crippen LogP contribution in [0.25, 0.3) is 17.1 Å². The number of anilines is 1. The first kappa shape index (κ1) is 32.5. The fourth-order valence-electron chi connectivity index (χ4n) is 4.67. The van der Waals surface area contributed by atoms with E-state index >= 15 is 0 Å². The van der Waals surface area contributed by atoms with E-state index in [0.717, 1.165) is 23.1 Å². The molecular weight excluding hydrogens is 623 g/mol. The number of aromatic nitrogens is 3. The van der Waals surface area contributed by atoms with E-state index in [1.807, 2.05) is 36.4 Å². The Morgan fingerprint density at radius 2 is 1.78 bits per heavy atom. The molecule has 46 heavy (non-hydrogen) atoms. The summed E-state index contributed by atoms with van der Waals surface area (Å²) in [5, 5.41) is 4.66. The molecule has 10 nitrogen and oxygen atoms in total. The Morgan fingerprint density at radius 1 is 1.07 bits per heavy atom. The first-order valence-corrected chi connectivity index (χ1v) is 15.3. The zero-order chi connectivity index (χ0) is 32.8. The number of thioether (sulfide) groups is 1. The average molecular weight is 654 g/mol. The summed E-state index contributed by atoms with van der Waals surface area (Å²) in [6, 6.07) is 18.2. The maximum Gasteiger partial charge on any atom is 0.573 e. The van der Waals surface area contributed by atoms with Crippen molar-refractivity contribution in [1.82, 2.24) is 14.8 Å². The molecule has 14 heteroatoms. The second-order valence-electron chi connectivity index (χ2n) is 10.3. The molecule has 1 atom stereocenters. The number of benzene rings is 3. The Hall–Kier alpha value is -4.85. The molecule has 0 bridgehead atoms. The maximum atomic E-state index is 12.9. The number of hydrogen-bond donors (Lipinski definition) is 0. The number of amides is 2. The summed E-state index contributed by atoms with van der Waals surface area (Å²) in [7, 11) is 1.55. The molecule has 1 aliphatic heterocycles. The van der Waals surface area contributed by atoms with E-state index < -0.39 is 12.5 Å². The van der Waals surface area contributed by atoms with Crippen LogP contribution in [-0.2, 0) is 16.0 Å². The van der Waals surface area contributed by atoms with Crippen molar-refractivity contribution in [2.75, 3.05) is 24.4 Å². The van der Waals surface area contributed by atoms with Crippen LogP contribution in [0.2, 0.25) is 0 Å². The highest BCUT2D eigenvalue weighted by Gasteiger charge is 2.33. The number of rotatable bonds is 10. The maximum absolute atomic E-state index is 12.9. The van der Waals surface area contributed by atoms with Crippen LogP contribution >= 0.6 is 11.8 Å². The van der Waals surface area contributed by atoms with Gasteiger partial charge >= 0.3 is 12.5 Å².